The largest absolute Gasteiger partial charge is 0.437 e. The van der Waals surface area contributed by atoms with E-state index in [2.05, 4.69) is 29.6 Å². The molecule has 174 valence electrons. The zero-order valence-electron chi connectivity index (χ0n) is 19.8. The lowest BCUT2D eigenvalue weighted by Gasteiger charge is -2.15. The molecule has 0 spiro atoms. The highest BCUT2D eigenvalue weighted by molar-refractivity contribution is 6.76. The molecule has 0 radical (unpaired) electrons. The Morgan fingerprint density at radius 3 is 2.85 bits per heavy atom. The first-order valence-corrected chi connectivity index (χ1v) is 15.1. The number of aromatic nitrogens is 3. The minimum Gasteiger partial charge on any atom is -0.437 e. The van der Waals surface area contributed by atoms with Crippen LogP contribution in [0, 0.1) is 0 Å². The minimum atomic E-state index is -1.16. The molecule has 2 heterocycles. The smallest absolute Gasteiger partial charge is 0.238 e. The molecule has 0 saturated heterocycles. The average molecular weight is 466 g/mol. The lowest BCUT2D eigenvalue weighted by molar-refractivity contribution is -0.117. The zero-order chi connectivity index (χ0) is 23.6. The van der Waals surface area contributed by atoms with Gasteiger partial charge in [-0.3, -0.25) is 4.79 Å². The van der Waals surface area contributed by atoms with E-state index in [0.29, 0.717) is 54.0 Å². The molecule has 1 aromatic carbocycles. The summed E-state index contributed by atoms with van der Waals surface area (Å²) in [5.74, 6) is 1.52. The molecule has 33 heavy (non-hydrogen) atoms. The van der Waals surface area contributed by atoms with Crippen LogP contribution in [0.1, 0.15) is 47.2 Å². The maximum atomic E-state index is 11.6. The van der Waals surface area contributed by atoms with Crippen molar-refractivity contribution >= 4 is 31.3 Å². The summed E-state index contributed by atoms with van der Waals surface area (Å²) in [6.07, 6.45) is 6.58. The monoisotopic (exact) mass is 465 g/mol. The number of carbonyl (C=O) groups excluding carboxylic acids is 2. The van der Waals surface area contributed by atoms with Crippen LogP contribution < -0.4 is 4.74 Å². The number of ether oxygens (including phenoxy) is 2. The Bertz CT molecular complexity index is 1180. The molecule has 0 fully saturated rings. The molecule has 8 heteroatoms. The second-order valence-corrected chi connectivity index (χ2v) is 15.6. The average Bonchev–Trinajstić information content (AvgIpc) is 3.30. The quantitative estimate of drug-likeness (QED) is 0.228. The third-order valence-corrected chi connectivity index (χ3v) is 7.70. The van der Waals surface area contributed by atoms with E-state index < -0.39 is 8.07 Å². The molecule has 0 bridgehead atoms. The summed E-state index contributed by atoms with van der Waals surface area (Å²) < 4.78 is 13.6. The molecule has 1 aliphatic carbocycles. The van der Waals surface area contributed by atoms with Gasteiger partial charge in [0.2, 0.25) is 5.88 Å². The lowest BCUT2D eigenvalue weighted by Crippen LogP contribution is -2.22. The Hall–Kier alpha value is -2.84. The fraction of sp³-hybridized carbons (Fsp3) is 0.440. The van der Waals surface area contributed by atoms with Crippen LogP contribution in [0.4, 0.5) is 0 Å². The van der Waals surface area contributed by atoms with Crippen LogP contribution in [0.5, 0.6) is 11.6 Å². The highest BCUT2D eigenvalue weighted by Crippen LogP contribution is 2.38. The zero-order valence-corrected chi connectivity index (χ0v) is 20.8. The van der Waals surface area contributed by atoms with Gasteiger partial charge in [-0.25, -0.2) is 9.97 Å². The Balaban J connectivity index is 1.49. The van der Waals surface area contributed by atoms with Gasteiger partial charge in [0, 0.05) is 27.3 Å². The van der Waals surface area contributed by atoms with Gasteiger partial charge in [-0.1, -0.05) is 25.7 Å². The summed E-state index contributed by atoms with van der Waals surface area (Å²) in [4.78, 5) is 32.2. The highest BCUT2D eigenvalue weighted by Gasteiger charge is 2.24. The van der Waals surface area contributed by atoms with Crippen LogP contribution in [-0.2, 0) is 22.7 Å². The molecule has 0 amide bonds. The fourth-order valence-corrected chi connectivity index (χ4v) is 5.02. The predicted octanol–water partition coefficient (Wildman–Crippen LogP) is 5.36. The molecule has 4 rings (SSSR count). The molecule has 0 N–H and O–H groups in total. The van der Waals surface area contributed by atoms with Crippen LogP contribution in [0.25, 0.3) is 11.2 Å². The summed E-state index contributed by atoms with van der Waals surface area (Å²) in [5.41, 5.74) is 3.99. The van der Waals surface area contributed by atoms with E-state index in [1.807, 2.05) is 22.8 Å². The maximum absolute atomic E-state index is 11.6. The Kier molecular flexibility index (Phi) is 6.76. The molecule has 1 atom stereocenters. The van der Waals surface area contributed by atoms with Crippen molar-refractivity contribution in [3.8, 4) is 11.6 Å². The van der Waals surface area contributed by atoms with Gasteiger partial charge in [0.25, 0.3) is 0 Å². The number of ketones is 1. The topological polar surface area (TPSA) is 83.3 Å². The maximum Gasteiger partial charge on any atom is 0.238 e. The van der Waals surface area contributed by atoms with Crippen LogP contribution in [0.2, 0.25) is 25.7 Å². The second-order valence-electron chi connectivity index (χ2n) is 10.0. The first-order chi connectivity index (χ1) is 15.7. The number of hydrogen-bond donors (Lipinski definition) is 0. The summed E-state index contributed by atoms with van der Waals surface area (Å²) in [6, 6.07) is 7.04. The molecule has 0 unspecified atom stereocenters. The number of rotatable bonds is 10. The van der Waals surface area contributed by atoms with E-state index in [4.69, 9.17) is 9.47 Å². The highest BCUT2D eigenvalue weighted by atomic mass is 28.3. The molecular weight excluding hydrogens is 434 g/mol. The van der Waals surface area contributed by atoms with Crippen molar-refractivity contribution in [3.63, 3.8) is 0 Å². The summed E-state index contributed by atoms with van der Waals surface area (Å²) in [5, 5.41) is 0. The van der Waals surface area contributed by atoms with Gasteiger partial charge >= 0.3 is 0 Å². The first-order valence-electron chi connectivity index (χ1n) is 11.4. The van der Waals surface area contributed by atoms with Gasteiger partial charge < -0.3 is 18.8 Å². The van der Waals surface area contributed by atoms with Crippen molar-refractivity contribution in [3.05, 3.63) is 47.3 Å². The first kappa shape index (κ1) is 23.3. The van der Waals surface area contributed by atoms with Gasteiger partial charge in [0.15, 0.2) is 11.9 Å². The predicted molar refractivity (Wildman–Crippen MR) is 130 cm³/mol. The van der Waals surface area contributed by atoms with Crippen molar-refractivity contribution in [2.45, 2.75) is 64.5 Å². The van der Waals surface area contributed by atoms with Crippen LogP contribution in [0.3, 0.4) is 0 Å². The van der Waals surface area contributed by atoms with Crippen molar-refractivity contribution in [1.29, 1.82) is 0 Å². The molecule has 3 aromatic rings. The van der Waals surface area contributed by atoms with E-state index in [-0.39, 0.29) is 5.78 Å². The van der Waals surface area contributed by atoms with Crippen LogP contribution in [-0.4, -0.2) is 41.3 Å². The number of aldehydes is 1. The van der Waals surface area contributed by atoms with Gasteiger partial charge in [0.1, 0.15) is 23.8 Å². The molecule has 0 aliphatic heterocycles. The second kappa shape index (κ2) is 9.57. The van der Waals surface area contributed by atoms with Gasteiger partial charge in [-0.2, -0.15) is 0 Å². The number of hydrogen-bond acceptors (Lipinski definition) is 6. The van der Waals surface area contributed by atoms with E-state index in [9.17, 15) is 9.59 Å². The normalized spacial score (nSPS) is 15.6. The number of aryl methyl sites for hydroxylation is 1. The molecule has 1 aliphatic rings. The Morgan fingerprint density at radius 1 is 1.30 bits per heavy atom. The fourth-order valence-electron chi connectivity index (χ4n) is 4.26. The number of Topliss-reactive ketones (excluding diaryl/α,β-unsaturated/α-hetero) is 1. The molecular formula is C25H31N3O4Si. The van der Waals surface area contributed by atoms with Crippen molar-refractivity contribution in [2.24, 2.45) is 0 Å². The number of fused-ring (bicyclic) bond motifs is 2. The summed E-state index contributed by atoms with van der Waals surface area (Å²) in [7, 11) is -1.16. The van der Waals surface area contributed by atoms with E-state index in [1.54, 1.807) is 19.3 Å². The summed E-state index contributed by atoms with van der Waals surface area (Å²) in [6.45, 7) is 9.59. The Morgan fingerprint density at radius 2 is 2.12 bits per heavy atom. The van der Waals surface area contributed by atoms with Gasteiger partial charge in [0.05, 0.1) is 11.8 Å². The SMILES string of the molecule is CC(=O)C[C@@H]1CCc2cc(Oc3cnc4c(n3)c(C=O)cn4COCC[Si](C)(C)C)ccc21. The van der Waals surface area contributed by atoms with E-state index in [1.165, 1.54) is 11.1 Å². The molecule has 2 aromatic heterocycles. The van der Waals surface area contributed by atoms with Crippen molar-refractivity contribution in [1.82, 2.24) is 14.5 Å². The number of carbonyl (C=O) groups is 2. The van der Waals surface area contributed by atoms with Gasteiger partial charge in [-0.15, -0.1) is 0 Å². The van der Waals surface area contributed by atoms with Crippen molar-refractivity contribution in [2.75, 3.05) is 6.61 Å². The number of benzene rings is 1. The number of nitrogens with zero attached hydrogens (tertiary/aromatic N) is 3. The molecule has 0 saturated carbocycles. The van der Waals surface area contributed by atoms with Gasteiger partial charge in [-0.05, 0) is 55.0 Å². The van der Waals surface area contributed by atoms with E-state index >= 15 is 0 Å². The summed E-state index contributed by atoms with van der Waals surface area (Å²) >= 11 is 0. The molecule has 7 nitrogen and oxygen atoms in total. The standard InChI is InChI=1S/C25H31N3O4Si/c1-17(30)11-18-5-6-19-12-21(7-8-22(18)19)32-23-13-26-25-24(27-23)20(15-29)14-28(25)16-31-9-10-33(2,3)4/h7-8,12-15,18H,5-6,9-11,16H2,1-4H3/t18-/m0/s1. The van der Waals surface area contributed by atoms with E-state index in [0.717, 1.165) is 25.2 Å². The van der Waals surface area contributed by atoms with Crippen LogP contribution in [0.15, 0.2) is 30.6 Å². The third-order valence-electron chi connectivity index (χ3n) is 6.00. The third kappa shape index (κ3) is 5.57. The minimum absolute atomic E-state index is 0.219. The lowest BCUT2D eigenvalue weighted by atomic mass is 9.96. The van der Waals surface area contributed by atoms with Crippen LogP contribution >= 0.6 is 0 Å². The van der Waals surface area contributed by atoms with Crippen molar-refractivity contribution < 1.29 is 19.1 Å². The Labute approximate surface area is 195 Å².